The number of rotatable bonds is 1. The van der Waals surface area contributed by atoms with Crippen LogP contribution in [-0.2, 0) is 0 Å². The van der Waals surface area contributed by atoms with E-state index >= 15 is 0 Å². The van der Waals surface area contributed by atoms with Crippen LogP contribution >= 0.6 is 0 Å². The number of hydrogen-bond donors (Lipinski definition) is 0. The molecule has 0 N–H and O–H groups in total. The molecule has 23 heavy (non-hydrogen) atoms. The summed E-state index contributed by atoms with van der Waals surface area (Å²) in [5.74, 6) is 0. The second kappa shape index (κ2) is 5.34. The summed E-state index contributed by atoms with van der Waals surface area (Å²) in [6.07, 6.45) is 0.0749. The largest absolute Gasteiger partial charge is 0.351 e. The lowest BCUT2D eigenvalue weighted by molar-refractivity contribution is 0.730. The highest BCUT2D eigenvalue weighted by molar-refractivity contribution is 5.90. The Hall–Kier alpha value is -2.98. The predicted molar refractivity (Wildman–Crippen MR) is 91.8 cm³/mol. The number of hydrogen-bond acceptors (Lipinski definition) is 4. The monoisotopic (exact) mass is 302 g/mol. The molecule has 0 amide bonds. The van der Waals surface area contributed by atoms with Crippen LogP contribution in [0, 0.1) is 36.5 Å². The number of para-hydroxylation sites is 1. The molecule has 0 bridgehead atoms. The summed E-state index contributed by atoms with van der Waals surface area (Å²) in [4.78, 5) is 4.32. The lowest BCUT2D eigenvalue weighted by Crippen LogP contribution is -2.36. The second-order valence-corrected chi connectivity index (χ2v) is 5.93. The van der Waals surface area contributed by atoms with Crippen molar-refractivity contribution in [1.29, 1.82) is 10.5 Å². The quantitative estimate of drug-likeness (QED) is 0.799. The zero-order valence-corrected chi connectivity index (χ0v) is 13.8. The molecule has 1 atom stereocenters. The van der Waals surface area contributed by atoms with Crippen LogP contribution in [0.4, 0.5) is 17.1 Å². The van der Waals surface area contributed by atoms with Crippen LogP contribution in [0.25, 0.3) is 0 Å². The highest BCUT2D eigenvalue weighted by Gasteiger charge is 2.35. The van der Waals surface area contributed by atoms with Gasteiger partial charge in [0.1, 0.15) is 18.3 Å². The van der Waals surface area contributed by atoms with Crippen molar-refractivity contribution in [2.45, 2.75) is 26.9 Å². The van der Waals surface area contributed by atoms with Crippen molar-refractivity contribution in [1.82, 2.24) is 0 Å². The van der Waals surface area contributed by atoms with Gasteiger partial charge in [0.2, 0.25) is 0 Å². The Labute approximate surface area is 136 Å². The normalized spacial score (nSPS) is 16.0. The molecule has 0 radical (unpaired) electrons. The molecule has 2 aromatic carbocycles. The van der Waals surface area contributed by atoms with E-state index < -0.39 is 0 Å². The van der Waals surface area contributed by atoms with E-state index in [0.717, 1.165) is 11.4 Å². The summed E-state index contributed by atoms with van der Waals surface area (Å²) >= 11 is 0. The third kappa shape index (κ3) is 2.04. The maximum absolute atomic E-state index is 9.54. The van der Waals surface area contributed by atoms with Gasteiger partial charge in [0, 0.05) is 12.7 Å². The maximum Gasteiger partial charge on any atom is 0.103 e. The van der Waals surface area contributed by atoms with Crippen molar-refractivity contribution in [2.75, 3.05) is 16.8 Å². The van der Waals surface area contributed by atoms with Crippen molar-refractivity contribution in [3.8, 4) is 12.1 Å². The van der Waals surface area contributed by atoms with Crippen molar-refractivity contribution in [3.63, 3.8) is 0 Å². The van der Waals surface area contributed by atoms with Crippen LogP contribution in [0.5, 0.6) is 0 Å². The van der Waals surface area contributed by atoms with Crippen LogP contribution in [0.2, 0.25) is 0 Å². The average molecular weight is 302 g/mol. The Morgan fingerprint density at radius 1 is 0.957 bits per heavy atom. The van der Waals surface area contributed by atoms with Crippen molar-refractivity contribution >= 4 is 17.1 Å². The molecule has 0 spiro atoms. The number of anilines is 3. The fourth-order valence-corrected chi connectivity index (χ4v) is 3.39. The minimum absolute atomic E-state index is 0.0749. The summed E-state index contributed by atoms with van der Waals surface area (Å²) in [5.41, 5.74) is 6.25. The van der Waals surface area contributed by atoms with Gasteiger partial charge in [-0.15, -0.1) is 0 Å². The van der Waals surface area contributed by atoms with Crippen molar-refractivity contribution in [3.05, 3.63) is 52.6 Å². The second-order valence-electron chi connectivity index (χ2n) is 5.93. The van der Waals surface area contributed by atoms with E-state index in [4.69, 9.17) is 0 Å². The molecule has 0 unspecified atom stereocenters. The van der Waals surface area contributed by atoms with Crippen LogP contribution in [0.15, 0.2) is 30.3 Å². The molecule has 4 heteroatoms. The number of aryl methyl sites for hydroxylation is 2. The van der Waals surface area contributed by atoms with Crippen LogP contribution in [0.1, 0.15) is 29.2 Å². The smallest absolute Gasteiger partial charge is 0.103 e. The van der Waals surface area contributed by atoms with E-state index in [9.17, 15) is 10.5 Å². The van der Waals surface area contributed by atoms with Gasteiger partial charge in [-0.1, -0.05) is 18.2 Å². The minimum atomic E-state index is 0.0749. The minimum Gasteiger partial charge on any atom is -0.351 e. The highest BCUT2D eigenvalue weighted by Crippen LogP contribution is 2.47. The molecule has 1 aliphatic heterocycles. The molecular formula is C19H18N4. The summed E-state index contributed by atoms with van der Waals surface area (Å²) in [5, 5.41) is 18.8. The highest BCUT2D eigenvalue weighted by atomic mass is 15.4. The van der Waals surface area contributed by atoms with Crippen molar-refractivity contribution in [2.24, 2.45) is 0 Å². The Morgan fingerprint density at radius 3 is 2.17 bits per heavy atom. The lowest BCUT2D eigenvalue weighted by atomic mass is 10.0. The molecule has 0 aliphatic carbocycles. The van der Waals surface area contributed by atoms with Gasteiger partial charge in [-0.05, 0) is 44.0 Å². The van der Waals surface area contributed by atoms with Gasteiger partial charge in [0.15, 0.2) is 0 Å². The summed E-state index contributed by atoms with van der Waals surface area (Å²) in [7, 11) is 1.97. The molecule has 0 aromatic heterocycles. The van der Waals surface area contributed by atoms with Gasteiger partial charge in [-0.3, -0.25) is 0 Å². The Morgan fingerprint density at radius 2 is 1.61 bits per heavy atom. The molecule has 0 saturated heterocycles. The molecule has 1 aliphatic rings. The van der Waals surface area contributed by atoms with E-state index in [1.807, 2.05) is 13.1 Å². The van der Waals surface area contributed by atoms with Crippen molar-refractivity contribution < 1.29 is 0 Å². The van der Waals surface area contributed by atoms with E-state index in [2.05, 4.69) is 60.9 Å². The molecule has 4 nitrogen and oxygen atoms in total. The first-order valence-electron chi connectivity index (χ1n) is 7.56. The van der Waals surface area contributed by atoms with Crippen LogP contribution < -0.4 is 9.80 Å². The summed E-state index contributed by atoms with van der Waals surface area (Å²) in [6, 6.07) is 14.3. The van der Waals surface area contributed by atoms with E-state index in [0.29, 0.717) is 11.1 Å². The van der Waals surface area contributed by atoms with Gasteiger partial charge < -0.3 is 9.80 Å². The topological polar surface area (TPSA) is 54.1 Å². The van der Waals surface area contributed by atoms with E-state index in [1.165, 1.54) is 16.8 Å². The SMILES string of the molecule is Cc1cccc(C)c1N1c2ccc(C#N)c(C#N)c2N(C)[C@@H]1C. The van der Waals surface area contributed by atoms with Gasteiger partial charge >= 0.3 is 0 Å². The van der Waals surface area contributed by atoms with Crippen LogP contribution in [-0.4, -0.2) is 13.2 Å². The van der Waals surface area contributed by atoms with Gasteiger partial charge in [0.05, 0.1) is 22.5 Å². The van der Waals surface area contributed by atoms with E-state index in [1.54, 1.807) is 6.07 Å². The zero-order valence-electron chi connectivity index (χ0n) is 13.8. The van der Waals surface area contributed by atoms with Crippen LogP contribution in [0.3, 0.4) is 0 Å². The molecule has 0 saturated carbocycles. The first kappa shape index (κ1) is 14.9. The Bertz CT molecular complexity index is 850. The first-order valence-corrected chi connectivity index (χ1v) is 7.56. The first-order chi connectivity index (χ1) is 11.0. The predicted octanol–water partition coefficient (Wildman–Crippen LogP) is 3.98. The number of benzene rings is 2. The van der Waals surface area contributed by atoms with Gasteiger partial charge in [-0.25, -0.2) is 0 Å². The van der Waals surface area contributed by atoms with Gasteiger partial charge in [-0.2, -0.15) is 10.5 Å². The fraction of sp³-hybridized carbons (Fsp3) is 0.263. The molecule has 3 rings (SSSR count). The Kier molecular flexibility index (Phi) is 3.47. The molecular weight excluding hydrogens is 284 g/mol. The molecule has 114 valence electrons. The molecule has 0 fully saturated rings. The Balaban J connectivity index is 2.30. The maximum atomic E-state index is 9.54. The third-order valence-electron chi connectivity index (χ3n) is 4.62. The standard InChI is InChI=1S/C19H18N4/c1-12-6-5-7-13(2)18(12)23-14(3)22(4)19-16(11-21)15(10-20)8-9-17(19)23/h5-9,14H,1-4H3/t14-/m0/s1. The molecule has 2 aromatic rings. The summed E-state index contributed by atoms with van der Waals surface area (Å²) < 4.78 is 0. The zero-order chi connectivity index (χ0) is 16.7. The number of nitrogens with zero attached hydrogens (tertiary/aromatic N) is 4. The average Bonchev–Trinajstić information content (AvgIpc) is 2.79. The number of nitriles is 2. The molecule has 1 heterocycles. The number of fused-ring (bicyclic) bond motifs is 1. The third-order valence-corrected chi connectivity index (χ3v) is 4.62. The van der Waals surface area contributed by atoms with E-state index in [-0.39, 0.29) is 6.17 Å². The lowest BCUT2D eigenvalue weighted by Gasteiger charge is -2.30. The fourth-order valence-electron chi connectivity index (χ4n) is 3.39. The van der Waals surface area contributed by atoms with Gasteiger partial charge in [0.25, 0.3) is 0 Å². The summed E-state index contributed by atoms with van der Waals surface area (Å²) in [6.45, 7) is 6.31.